The van der Waals surface area contributed by atoms with Gasteiger partial charge in [0.15, 0.2) is 48.7 Å². The molecule has 6 aliphatic heterocycles. The van der Waals surface area contributed by atoms with Gasteiger partial charge in [-0.1, -0.05) is 50.6 Å². The van der Waals surface area contributed by atoms with Crippen molar-refractivity contribution in [2.24, 2.45) is 40.9 Å². The number of ether oxygens (including phenoxy) is 13. The number of carbonyl (C=O) groups is 5. The summed E-state index contributed by atoms with van der Waals surface area (Å²) in [5.74, 6) is -8.40. The molecule has 4 aliphatic carbocycles. The van der Waals surface area contributed by atoms with E-state index in [0.717, 1.165) is 13.2 Å². The van der Waals surface area contributed by atoms with Gasteiger partial charge in [0, 0.05) is 61.9 Å². The highest BCUT2D eigenvalue weighted by atomic mass is 16.8. The molecule has 1 spiro atoms. The lowest BCUT2D eigenvalue weighted by Crippen LogP contribution is -3.17. The molecule has 10 rings (SSSR count). The van der Waals surface area contributed by atoms with E-state index in [4.69, 9.17) is 61.6 Å². The topological polar surface area (TPSA) is 366 Å². The third-order valence-corrected chi connectivity index (χ3v) is 21.9. The second-order valence-corrected chi connectivity index (χ2v) is 28.5. The smallest absolute Gasteiger partial charge is 0.407 e. The Morgan fingerprint density at radius 3 is 1.98 bits per heavy atom. The number of carboxylic acid groups (broad SMARTS) is 1. The van der Waals surface area contributed by atoms with E-state index >= 15 is 4.79 Å². The van der Waals surface area contributed by atoms with Gasteiger partial charge in [0.05, 0.1) is 86.6 Å². The van der Waals surface area contributed by atoms with Gasteiger partial charge in [-0.25, -0.2) is 24.8 Å². The molecule has 0 aromatic carbocycles. The molecule has 30 unspecified atom stereocenters. The SMILES string of the molecule is COC(=O)NC1C(C)OC(OC2CC=C(C)C3C=CC4C(OC5CC(OC6CCC(OC7CC(O)C(OC8CCC(O)C(C)O8)C(C)O7)C(C)O6)C(OC(C)=O)C(C)O5)C(C)CC(C)C4C3(C)C(O)=C3C(=O)OC4(CC(C(=O)O)=CC(O)C4C=C2C)C3=O)CC1(C)[NH+]([O-])O. The van der Waals surface area contributed by atoms with Crippen LogP contribution in [-0.2, 0) is 80.8 Å². The maximum absolute atomic E-state index is 15.6. The molecular formula is C67H98N2O25. The molecule has 27 heteroatoms. The van der Waals surface area contributed by atoms with Crippen LogP contribution >= 0.6 is 0 Å². The number of quaternary nitrogens is 1. The third-order valence-electron chi connectivity index (χ3n) is 21.9. The summed E-state index contributed by atoms with van der Waals surface area (Å²) in [6, 6.07) is -1.05. The summed E-state index contributed by atoms with van der Waals surface area (Å²) < 4.78 is 81.5. The minimum atomic E-state index is -2.36. The Hall–Kier alpha value is -4.79. The van der Waals surface area contributed by atoms with Gasteiger partial charge >= 0.3 is 24.0 Å². The Kier molecular flexibility index (Phi) is 21.9. The summed E-state index contributed by atoms with van der Waals surface area (Å²) in [6.07, 6.45) is -5.47. The van der Waals surface area contributed by atoms with Gasteiger partial charge in [-0.2, -0.15) is 0 Å². The molecule has 1 saturated carbocycles. The molecular weight excluding hydrogens is 1230 g/mol. The van der Waals surface area contributed by atoms with E-state index in [1.807, 2.05) is 39.0 Å². The predicted molar refractivity (Wildman–Crippen MR) is 326 cm³/mol. The van der Waals surface area contributed by atoms with Crippen LogP contribution in [0.4, 0.5) is 4.79 Å². The fourth-order valence-electron chi connectivity index (χ4n) is 17.0. The number of methoxy groups -OCH3 is 1. The second-order valence-electron chi connectivity index (χ2n) is 28.5. The fraction of sp³-hybridized carbons (Fsp3) is 0.776. The molecule has 8 N–H and O–H groups in total. The van der Waals surface area contributed by atoms with Crippen molar-refractivity contribution in [3.05, 3.63) is 63.6 Å². The van der Waals surface area contributed by atoms with Crippen molar-refractivity contribution in [3.8, 4) is 0 Å². The normalized spacial score (nSPS) is 46.3. The largest absolute Gasteiger partial charge is 0.600 e. The quantitative estimate of drug-likeness (QED) is 0.0383. The first-order chi connectivity index (χ1) is 44.3. The summed E-state index contributed by atoms with van der Waals surface area (Å²) in [5.41, 5.74) is -5.46. The van der Waals surface area contributed by atoms with Crippen molar-refractivity contribution in [2.45, 2.75) is 281 Å². The van der Waals surface area contributed by atoms with Crippen LogP contribution in [0.25, 0.3) is 0 Å². The van der Waals surface area contributed by atoms with Crippen LogP contribution in [0.5, 0.6) is 0 Å². The molecule has 2 bridgehead atoms. The van der Waals surface area contributed by atoms with Crippen molar-refractivity contribution >= 4 is 29.8 Å². The Bertz CT molecular complexity index is 2960. The lowest BCUT2D eigenvalue weighted by atomic mass is 9.49. The summed E-state index contributed by atoms with van der Waals surface area (Å²) in [5, 5.41) is 82.1. The molecule has 27 nitrogen and oxygen atoms in total. The highest BCUT2D eigenvalue weighted by Crippen LogP contribution is 2.61. The number of Topliss-reactive ketones (excluding diaryl/α,β-unsaturated/α-hetero) is 1. The van der Waals surface area contributed by atoms with Gasteiger partial charge in [-0.3, -0.25) is 9.59 Å². The van der Waals surface area contributed by atoms with Gasteiger partial charge in [0.1, 0.15) is 29.6 Å². The standard InChI is InChI=1S/C67H98N2O25/c1-29-14-18-46(89-53-28-65(11,69(80)81)59(37(9)87-53)68-64(79)82-13)30(2)23-42-44(72)24-39(62(76)77)27-67(42)61(75)54(63(78)94-67)60(74)66(12)41(29)16-15-40-55(66)31(3)22-32(4)56(40)93-52-26-48(58(36(8)86-52)88-38(10)70)91-49-21-19-47(34(6)84-49)90-51-25-45(73)57(35(7)85-51)92-50-20-17-43(71)33(5)83-50/h14-16,23-24,31-37,40-53,55-59,69,71-74,80H,17-22,25-28H2,1-13H3,(H,68,79)(H,76,77). The van der Waals surface area contributed by atoms with Crippen LogP contribution in [0.15, 0.2) is 58.4 Å². The van der Waals surface area contributed by atoms with E-state index in [-0.39, 0.29) is 37.5 Å². The van der Waals surface area contributed by atoms with Gasteiger partial charge in [0.2, 0.25) is 5.78 Å². The molecule has 6 saturated heterocycles. The fourth-order valence-corrected chi connectivity index (χ4v) is 17.0. The number of carbonyl (C=O) groups excluding carboxylic acids is 4. The maximum atomic E-state index is 15.6. The van der Waals surface area contributed by atoms with E-state index in [0.29, 0.717) is 43.3 Å². The zero-order valence-corrected chi connectivity index (χ0v) is 55.9. The molecule has 0 radical (unpaired) electrons. The number of amides is 1. The van der Waals surface area contributed by atoms with Crippen LogP contribution in [0.3, 0.4) is 0 Å². The highest BCUT2D eigenvalue weighted by molar-refractivity contribution is 6.26. The first-order valence-corrected chi connectivity index (χ1v) is 33.3. The van der Waals surface area contributed by atoms with Crippen molar-refractivity contribution < 1.29 is 122 Å². The monoisotopic (exact) mass is 1330 g/mol. The number of carboxylic acids is 1. The molecule has 526 valence electrons. The molecule has 30 atom stereocenters. The number of fused-ring (bicyclic) bond motifs is 4. The number of allylic oxidation sites excluding steroid dienone is 3. The minimum absolute atomic E-state index is 0.0926. The molecule has 0 aromatic rings. The van der Waals surface area contributed by atoms with Crippen LogP contribution in [0.1, 0.15) is 147 Å². The summed E-state index contributed by atoms with van der Waals surface area (Å²) in [6.45, 7) is 21.0. The molecule has 6 heterocycles. The second kappa shape index (κ2) is 28.6. The average Bonchev–Trinajstić information content (AvgIpc) is 1.37. The Morgan fingerprint density at radius 1 is 0.702 bits per heavy atom. The number of ketones is 1. The summed E-state index contributed by atoms with van der Waals surface area (Å²) in [4.78, 5) is 68.4. The number of aliphatic carboxylic acids is 1. The van der Waals surface area contributed by atoms with Crippen molar-refractivity contribution in [3.63, 3.8) is 0 Å². The van der Waals surface area contributed by atoms with Crippen LogP contribution in [0.2, 0.25) is 0 Å². The Morgan fingerprint density at radius 2 is 1.33 bits per heavy atom. The number of hydrogen-bond acceptors (Lipinski definition) is 24. The van der Waals surface area contributed by atoms with E-state index in [1.165, 1.54) is 19.9 Å². The third kappa shape index (κ3) is 14.1. The van der Waals surface area contributed by atoms with E-state index in [9.17, 15) is 55.1 Å². The van der Waals surface area contributed by atoms with E-state index < -0.39 is 222 Å². The number of hydrogen-bond donors (Lipinski definition) is 8. The molecule has 1 amide bonds. The van der Waals surface area contributed by atoms with Crippen LogP contribution in [-0.4, -0.2) is 202 Å². The molecule has 7 fully saturated rings. The number of aliphatic hydroxyl groups excluding tert-OH is 4. The van der Waals surface area contributed by atoms with Crippen molar-refractivity contribution in [1.29, 1.82) is 0 Å². The Labute approximate surface area is 547 Å². The molecule has 10 aliphatic rings. The van der Waals surface area contributed by atoms with E-state index in [2.05, 4.69) is 12.2 Å². The number of rotatable bonds is 14. The highest BCUT2D eigenvalue weighted by Gasteiger charge is 2.65. The number of alkyl carbamates (subject to hydrolysis) is 1. The van der Waals surface area contributed by atoms with Gasteiger partial charge in [-0.15, -0.1) is 0 Å². The first-order valence-electron chi connectivity index (χ1n) is 33.3. The van der Waals surface area contributed by atoms with Gasteiger partial charge in [-0.05, 0) is 110 Å². The number of hydroxylamine groups is 2. The van der Waals surface area contributed by atoms with Crippen LogP contribution in [0, 0.1) is 46.1 Å². The number of aliphatic hydroxyl groups is 4. The lowest BCUT2D eigenvalue weighted by Gasteiger charge is -2.56. The number of nitrogens with one attached hydrogen (secondary N) is 2. The molecule has 0 aromatic heterocycles. The first kappa shape index (κ1) is 72.0. The zero-order chi connectivity index (χ0) is 68.4. The van der Waals surface area contributed by atoms with Crippen LogP contribution < -0.4 is 10.5 Å². The maximum Gasteiger partial charge on any atom is 0.407 e. The average molecular weight is 1330 g/mol. The summed E-state index contributed by atoms with van der Waals surface area (Å²) in [7, 11) is 1.16. The van der Waals surface area contributed by atoms with Crippen molar-refractivity contribution in [2.75, 3.05) is 7.11 Å². The lowest BCUT2D eigenvalue weighted by molar-refractivity contribution is -1.09. The van der Waals surface area contributed by atoms with Gasteiger partial charge in [0.25, 0.3) is 0 Å². The molecule has 94 heavy (non-hydrogen) atoms. The zero-order valence-electron chi connectivity index (χ0n) is 55.9. The Balaban J connectivity index is 0.910. The number of esters is 2. The minimum Gasteiger partial charge on any atom is -0.600 e. The predicted octanol–water partition coefficient (Wildman–Crippen LogP) is 4.74. The summed E-state index contributed by atoms with van der Waals surface area (Å²) >= 11 is 0. The van der Waals surface area contributed by atoms with Crippen molar-refractivity contribution in [1.82, 2.24) is 5.32 Å². The van der Waals surface area contributed by atoms with E-state index in [1.54, 1.807) is 41.5 Å². The van der Waals surface area contributed by atoms with Gasteiger partial charge < -0.3 is 97.6 Å².